The van der Waals surface area contributed by atoms with E-state index in [1.807, 2.05) is 0 Å². The Morgan fingerprint density at radius 3 is 2.50 bits per heavy atom. The van der Waals surface area contributed by atoms with Gasteiger partial charge in [0.05, 0.1) is 0 Å². The van der Waals surface area contributed by atoms with E-state index in [4.69, 9.17) is 0 Å². The van der Waals surface area contributed by atoms with E-state index in [0.717, 1.165) is 13.0 Å². The van der Waals surface area contributed by atoms with E-state index in [1.54, 1.807) is 0 Å². The molecule has 3 heteroatoms. The smallest absolute Gasteiger partial charge is 0.220 e. The molecule has 0 heterocycles. The molecular formula is C13H22BrNO. The van der Waals surface area contributed by atoms with Gasteiger partial charge in [-0.2, -0.15) is 0 Å². The molecule has 0 aliphatic heterocycles. The van der Waals surface area contributed by atoms with Crippen molar-refractivity contribution >= 4 is 21.8 Å². The maximum Gasteiger partial charge on any atom is 0.220 e. The fourth-order valence-corrected chi connectivity index (χ4v) is 3.80. The Hall–Kier alpha value is -0.0500. The van der Waals surface area contributed by atoms with Gasteiger partial charge in [0.25, 0.3) is 0 Å². The number of carbonyl (C=O) groups is 1. The summed E-state index contributed by atoms with van der Waals surface area (Å²) >= 11 is 3.64. The first kappa shape index (κ1) is 12.4. The lowest BCUT2D eigenvalue weighted by Crippen LogP contribution is -2.29. The molecule has 2 aliphatic carbocycles. The van der Waals surface area contributed by atoms with Crippen LogP contribution in [-0.4, -0.2) is 17.3 Å². The fraction of sp³-hybridized carbons (Fsp3) is 0.923. The molecular weight excluding hydrogens is 266 g/mol. The van der Waals surface area contributed by atoms with Crippen LogP contribution in [0.4, 0.5) is 0 Å². The quantitative estimate of drug-likeness (QED) is 0.790. The van der Waals surface area contributed by atoms with Crippen LogP contribution in [0, 0.1) is 11.8 Å². The molecule has 1 N–H and O–H groups in total. The van der Waals surface area contributed by atoms with Crippen LogP contribution in [0.5, 0.6) is 0 Å². The third-order valence-electron chi connectivity index (χ3n) is 4.01. The van der Waals surface area contributed by atoms with Crippen molar-refractivity contribution in [3.05, 3.63) is 0 Å². The van der Waals surface area contributed by atoms with Crippen LogP contribution in [-0.2, 0) is 4.79 Å². The molecule has 2 fully saturated rings. The lowest BCUT2D eigenvalue weighted by Gasteiger charge is -2.13. The molecule has 0 aromatic rings. The first-order valence-corrected chi connectivity index (χ1v) is 7.56. The lowest BCUT2D eigenvalue weighted by molar-refractivity contribution is -0.122. The molecule has 16 heavy (non-hydrogen) atoms. The standard InChI is InChI=1S/C13H22BrNO/c14-12-6-5-11(7-12)9-15-13(16)8-10-3-1-2-4-10/h10-12H,1-9H2,(H,15,16). The van der Waals surface area contributed by atoms with Crippen molar-refractivity contribution in [1.29, 1.82) is 0 Å². The number of rotatable bonds is 4. The Balaban J connectivity index is 1.60. The maximum atomic E-state index is 11.7. The van der Waals surface area contributed by atoms with Gasteiger partial charge >= 0.3 is 0 Å². The van der Waals surface area contributed by atoms with E-state index in [0.29, 0.717) is 16.7 Å². The minimum atomic E-state index is 0.282. The van der Waals surface area contributed by atoms with E-state index in [2.05, 4.69) is 21.2 Å². The van der Waals surface area contributed by atoms with Gasteiger partial charge in [0.1, 0.15) is 0 Å². The molecule has 2 atom stereocenters. The second kappa shape index (κ2) is 6.04. The Morgan fingerprint density at radius 1 is 1.12 bits per heavy atom. The van der Waals surface area contributed by atoms with Gasteiger partial charge in [0, 0.05) is 17.8 Å². The van der Waals surface area contributed by atoms with Crippen LogP contribution in [0.2, 0.25) is 0 Å². The zero-order valence-corrected chi connectivity index (χ0v) is 11.5. The van der Waals surface area contributed by atoms with E-state index < -0.39 is 0 Å². The van der Waals surface area contributed by atoms with E-state index in [9.17, 15) is 4.79 Å². The van der Waals surface area contributed by atoms with Crippen molar-refractivity contribution in [3.63, 3.8) is 0 Å². The summed E-state index contributed by atoms with van der Waals surface area (Å²) in [5.41, 5.74) is 0. The Bertz CT molecular complexity index is 238. The van der Waals surface area contributed by atoms with Crippen molar-refractivity contribution in [2.45, 2.75) is 56.2 Å². The fourth-order valence-electron chi connectivity index (χ4n) is 3.01. The van der Waals surface area contributed by atoms with E-state index in [1.165, 1.54) is 44.9 Å². The van der Waals surface area contributed by atoms with Crippen LogP contribution in [0.25, 0.3) is 0 Å². The molecule has 0 spiro atoms. The van der Waals surface area contributed by atoms with Crippen LogP contribution >= 0.6 is 15.9 Å². The van der Waals surface area contributed by atoms with Gasteiger partial charge in [-0.25, -0.2) is 0 Å². The molecule has 0 radical (unpaired) electrons. The van der Waals surface area contributed by atoms with Crippen LogP contribution < -0.4 is 5.32 Å². The molecule has 0 aromatic carbocycles. The van der Waals surface area contributed by atoms with Gasteiger partial charge in [-0.15, -0.1) is 0 Å². The molecule has 92 valence electrons. The molecule has 2 aliphatic rings. The molecule has 1 amide bonds. The van der Waals surface area contributed by atoms with Crippen molar-refractivity contribution in [1.82, 2.24) is 5.32 Å². The highest BCUT2D eigenvalue weighted by molar-refractivity contribution is 9.09. The van der Waals surface area contributed by atoms with Crippen LogP contribution in [0.1, 0.15) is 51.4 Å². The van der Waals surface area contributed by atoms with Gasteiger partial charge in [0.2, 0.25) is 5.91 Å². The Morgan fingerprint density at radius 2 is 1.88 bits per heavy atom. The monoisotopic (exact) mass is 287 g/mol. The Kier molecular flexibility index (Phi) is 4.68. The van der Waals surface area contributed by atoms with E-state index in [-0.39, 0.29) is 5.91 Å². The molecule has 0 bridgehead atoms. The maximum absolute atomic E-state index is 11.7. The highest BCUT2D eigenvalue weighted by Crippen LogP contribution is 2.30. The van der Waals surface area contributed by atoms with Crippen molar-refractivity contribution in [3.8, 4) is 0 Å². The first-order chi connectivity index (χ1) is 7.74. The molecule has 0 aromatic heterocycles. The number of nitrogens with one attached hydrogen (secondary N) is 1. The second-order valence-corrected chi connectivity index (χ2v) is 6.73. The predicted molar refractivity (Wildman–Crippen MR) is 69.6 cm³/mol. The molecule has 2 nitrogen and oxygen atoms in total. The van der Waals surface area contributed by atoms with Crippen molar-refractivity contribution in [2.75, 3.05) is 6.54 Å². The molecule has 0 saturated heterocycles. The normalized spacial score (nSPS) is 30.8. The number of hydrogen-bond donors (Lipinski definition) is 1. The van der Waals surface area contributed by atoms with Gasteiger partial charge in [-0.1, -0.05) is 28.8 Å². The van der Waals surface area contributed by atoms with Gasteiger partial charge in [-0.3, -0.25) is 4.79 Å². The SMILES string of the molecule is O=C(CC1CCCC1)NCC1CCC(Br)C1. The second-order valence-electron chi connectivity index (χ2n) is 5.44. The van der Waals surface area contributed by atoms with Gasteiger partial charge < -0.3 is 5.32 Å². The summed E-state index contributed by atoms with van der Waals surface area (Å²) in [6.07, 6.45) is 9.70. The summed E-state index contributed by atoms with van der Waals surface area (Å²) in [4.78, 5) is 12.4. The summed E-state index contributed by atoms with van der Waals surface area (Å²) < 4.78 is 0. The average Bonchev–Trinajstić information content (AvgIpc) is 2.87. The van der Waals surface area contributed by atoms with Gasteiger partial charge in [-0.05, 0) is 43.9 Å². The van der Waals surface area contributed by atoms with Crippen molar-refractivity contribution < 1.29 is 4.79 Å². The summed E-state index contributed by atoms with van der Waals surface area (Å²) in [7, 11) is 0. The minimum Gasteiger partial charge on any atom is -0.356 e. The summed E-state index contributed by atoms with van der Waals surface area (Å²) in [6, 6.07) is 0. The average molecular weight is 288 g/mol. The highest BCUT2D eigenvalue weighted by atomic mass is 79.9. The third-order valence-corrected chi connectivity index (χ3v) is 4.85. The summed E-state index contributed by atoms with van der Waals surface area (Å²) in [5.74, 6) is 1.66. The van der Waals surface area contributed by atoms with Crippen LogP contribution in [0.3, 0.4) is 0 Å². The Labute approximate surface area is 107 Å². The first-order valence-electron chi connectivity index (χ1n) is 6.65. The number of alkyl halides is 1. The number of halogens is 1. The molecule has 2 unspecified atom stereocenters. The topological polar surface area (TPSA) is 29.1 Å². The number of carbonyl (C=O) groups excluding carboxylic acids is 1. The minimum absolute atomic E-state index is 0.282. The zero-order chi connectivity index (χ0) is 11.4. The largest absolute Gasteiger partial charge is 0.356 e. The van der Waals surface area contributed by atoms with Gasteiger partial charge in [0.15, 0.2) is 0 Å². The summed E-state index contributed by atoms with van der Waals surface area (Å²) in [5, 5.41) is 3.11. The summed E-state index contributed by atoms with van der Waals surface area (Å²) in [6.45, 7) is 0.896. The number of hydrogen-bond acceptors (Lipinski definition) is 1. The molecule has 2 saturated carbocycles. The van der Waals surface area contributed by atoms with Crippen LogP contribution in [0.15, 0.2) is 0 Å². The predicted octanol–water partition coefficient (Wildman–Crippen LogP) is 3.25. The lowest BCUT2D eigenvalue weighted by atomic mass is 10.0. The third kappa shape index (κ3) is 3.76. The zero-order valence-electron chi connectivity index (χ0n) is 9.88. The molecule has 2 rings (SSSR count). The van der Waals surface area contributed by atoms with Crippen molar-refractivity contribution in [2.24, 2.45) is 11.8 Å². The highest BCUT2D eigenvalue weighted by Gasteiger charge is 2.23. The number of amides is 1. The van der Waals surface area contributed by atoms with E-state index >= 15 is 0 Å².